The van der Waals surface area contributed by atoms with Gasteiger partial charge in [-0.2, -0.15) is 5.90 Å². The third kappa shape index (κ3) is 3.31. The summed E-state index contributed by atoms with van der Waals surface area (Å²) in [6.07, 6.45) is -0.889. The molecule has 7 heteroatoms. The lowest BCUT2D eigenvalue weighted by Crippen LogP contribution is -3.13. The lowest BCUT2D eigenvalue weighted by atomic mass is 10.0. The highest BCUT2D eigenvalue weighted by Crippen LogP contribution is 2.17. The van der Waals surface area contributed by atoms with E-state index in [-0.39, 0.29) is 0 Å². The van der Waals surface area contributed by atoms with Gasteiger partial charge in [0, 0.05) is 7.11 Å². The van der Waals surface area contributed by atoms with E-state index in [2.05, 4.69) is 4.84 Å². The number of nitrogens with two attached hydrogens (primary N) is 1. The van der Waals surface area contributed by atoms with E-state index >= 15 is 0 Å². The Kier molecular flexibility index (Phi) is 4.95. The van der Waals surface area contributed by atoms with Crippen molar-refractivity contribution in [2.75, 3.05) is 14.2 Å². The van der Waals surface area contributed by atoms with E-state index in [1.54, 1.807) is 20.8 Å². The van der Waals surface area contributed by atoms with Gasteiger partial charge in [0.1, 0.15) is 6.04 Å². The maximum Gasteiger partial charge on any atom is 0.473 e. The van der Waals surface area contributed by atoms with E-state index < -0.39 is 22.9 Å². The monoisotopic (exact) mass is 221 g/mol. The number of quaternary nitrogens is 1. The predicted molar refractivity (Wildman–Crippen MR) is 53.3 cm³/mol. The quantitative estimate of drug-likeness (QED) is 0.596. The van der Waals surface area contributed by atoms with Gasteiger partial charge in [0.2, 0.25) is 0 Å². The van der Waals surface area contributed by atoms with Crippen molar-refractivity contribution >= 4 is 6.09 Å². The van der Waals surface area contributed by atoms with Gasteiger partial charge in [-0.05, 0) is 20.8 Å². The van der Waals surface area contributed by atoms with Crippen LogP contribution in [0.15, 0.2) is 0 Å². The number of hydrogen-bond acceptors (Lipinski definition) is 5. The highest BCUT2D eigenvalue weighted by atomic mass is 16.7. The predicted octanol–water partition coefficient (Wildman–Crippen LogP) is -0.960. The molecule has 0 aromatic heterocycles. The molecule has 7 nitrogen and oxygen atoms in total. The van der Waals surface area contributed by atoms with Crippen molar-refractivity contribution in [3.8, 4) is 0 Å². The molecular weight excluding hydrogens is 202 g/mol. The Labute approximate surface area is 89.2 Å². The highest BCUT2D eigenvalue weighted by Gasteiger charge is 2.37. The van der Waals surface area contributed by atoms with Crippen LogP contribution in [0.2, 0.25) is 0 Å². The van der Waals surface area contributed by atoms with Crippen LogP contribution in [0.25, 0.3) is 0 Å². The third-order valence-corrected chi connectivity index (χ3v) is 2.56. The molecule has 0 bridgehead atoms. The number of ether oxygens (including phenoxy) is 1. The minimum absolute atomic E-state index is 0.442. The van der Waals surface area contributed by atoms with Crippen molar-refractivity contribution in [3.63, 3.8) is 0 Å². The molecule has 0 heterocycles. The summed E-state index contributed by atoms with van der Waals surface area (Å²) >= 11 is 0. The molecule has 0 radical (unpaired) electrons. The van der Waals surface area contributed by atoms with Crippen LogP contribution < -0.4 is 11.1 Å². The summed E-state index contributed by atoms with van der Waals surface area (Å²) in [6.45, 7) is 5.20. The lowest BCUT2D eigenvalue weighted by Gasteiger charge is -2.40. The number of rotatable bonds is 4. The second kappa shape index (κ2) is 5.26. The van der Waals surface area contributed by atoms with Crippen molar-refractivity contribution in [1.29, 1.82) is 0 Å². The molecule has 0 saturated heterocycles. The number of nitrogens with zero attached hydrogens (tertiary/aromatic N) is 1. The molecule has 90 valence electrons. The van der Waals surface area contributed by atoms with Gasteiger partial charge in [-0.15, -0.1) is 5.01 Å². The number of methoxy groups -OCH3 is 1. The number of hydrogen-bond donors (Lipinski definition) is 2. The molecule has 0 aromatic rings. The van der Waals surface area contributed by atoms with Gasteiger partial charge < -0.3 is 14.8 Å². The zero-order valence-corrected chi connectivity index (χ0v) is 9.73. The first kappa shape index (κ1) is 14.1. The maximum atomic E-state index is 11.3. The maximum absolute atomic E-state index is 11.3. The van der Waals surface area contributed by atoms with Crippen LogP contribution in [0.4, 0.5) is 4.79 Å². The van der Waals surface area contributed by atoms with Crippen LogP contribution in [0.1, 0.15) is 20.8 Å². The van der Waals surface area contributed by atoms with Crippen molar-refractivity contribution in [3.05, 3.63) is 5.21 Å². The number of nitrogens with one attached hydrogen (secondary N) is 1. The van der Waals surface area contributed by atoms with Crippen molar-refractivity contribution in [2.24, 2.45) is 5.90 Å². The van der Waals surface area contributed by atoms with Crippen molar-refractivity contribution in [1.82, 2.24) is 5.01 Å². The standard InChI is InChI=1S/C8H19N3O4/c1-6(8(2,3)14-5)11(10(4)13)7(12)15-9/h6,10H,9H2,1-5H3. The van der Waals surface area contributed by atoms with E-state index in [0.717, 1.165) is 5.01 Å². The third-order valence-electron chi connectivity index (χ3n) is 2.56. The van der Waals surface area contributed by atoms with Crippen LogP contribution in [0.3, 0.4) is 0 Å². The molecule has 1 amide bonds. The summed E-state index contributed by atoms with van der Waals surface area (Å²) in [4.78, 5) is 15.3. The largest absolute Gasteiger partial charge is 0.608 e. The summed E-state index contributed by atoms with van der Waals surface area (Å²) in [6, 6.07) is -0.476. The summed E-state index contributed by atoms with van der Waals surface area (Å²) in [5, 5.41) is 11.7. The Bertz CT molecular complexity index is 220. The Balaban J connectivity index is 4.86. The first-order valence-electron chi connectivity index (χ1n) is 4.53. The Hall–Kier alpha value is -0.890. The van der Waals surface area contributed by atoms with Gasteiger partial charge >= 0.3 is 6.09 Å². The van der Waals surface area contributed by atoms with Gasteiger partial charge in [0.25, 0.3) is 0 Å². The van der Waals surface area contributed by atoms with Crippen LogP contribution in [0, 0.1) is 5.21 Å². The van der Waals surface area contributed by atoms with Crippen molar-refractivity contribution < 1.29 is 19.5 Å². The average molecular weight is 221 g/mol. The first-order chi connectivity index (χ1) is 6.77. The zero-order valence-electron chi connectivity index (χ0n) is 9.73. The minimum Gasteiger partial charge on any atom is -0.608 e. The van der Waals surface area contributed by atoms with E-state index in [1.165, 1.54) is 14.2 Å². The minimum atomic E-state index is -0.889. The molecule has 0 rings (SSSR count). The Morgan fingerprint density at radius 3 is 2.33 bits per heavy atom. The molecule has 0 fully saturated rings. The molecule has 0 aliphatic rings. The summed E-state index contributed by atoms with van der Waals surface area (Å²) in [5.41, 5.74) is -0.667. The molecule has 0 aliphatic heterocycles. The second-order valence-corrected chi connectivity index (χ2v) is 3.76. The molecule has 0 saturated carbocycles. The van der Waals surface area contributed by atoms with Gasteiger partial charge in [-0.3, -0.25) is 5.17 Å². The molecular formula is C8H19N3O4. The van der Waals surface area contributed by atoms with Gasteiger partial charge in [0.05, 0.1) is 12.6 Å². The second-order valence-electron chi connectivity index (χ2n) is 3.76. The molecule has 2 atom stereocenters. The van der Waals surface area contributed by atoms with Crippen LogP contribution >= 0.6 is 0 Å². The number of hydroxylamine groups is 1. The SMILES string of the molecule is COC(C)(C)C(C)N(C(=O)ON)[NH+](C)[O-]. The number of carbonyl (C=O) groups excluding carboxylic acids is 1. The van der Waals surface area contributed by atoms with E-state index in [1.807, 2.05) is 0 Å². The fraction of sp³-hybridized carbons (Fsp3) is 0.875. The molecule has 2 unspecified atom stereocenters. The molecule has 0 aliphatic carbocycles. The molecule has 0 aromatic carbocycles. The number of amides is 1. The number of carbonyl (C=O) groups is 1. The average Bonchev–Trinajstić information content (AvgIpc) is 2.16. The molecule has 3 N–H and O–H groups in total. The fourth-order valence-corrected chi connectivity index (χ4v) is 1.10. The first-order valence-corrected chi connectivity index (χ1v) is 4.53. The molecule has 0 spiro atoms. The lowest BCUT2D eigenvalue weighted by molar-refractivity contribution is -0.946. The smallest absolute Gasteiger partial charge is 0.473 e. The van der Waals surface area contributed by atoms with Gasteiger partial charge in [-0.25, -0.2) is 4.79 Å². The topological polar surface area (TPSA) is 92.3 Å². The van der Waals surface area contributed by atoms with Crippen LogP contribution in [-0.4, -0.2) is 36.9 Å². The zero-order chi connectivity index (χ0) is 12.2. The van der Waals surface area contributed by atoms with Crippen LogP contribution in [0.5, 0.6) is 0 Å². The van der Waals surface area contributed by atoms with Gasteiger partial charge in [-0.1, -0.05) is 0 Å². The highest BCUT2D eigenvalue weighted by molar-refractivity contribution is 5.66. The normalized spacial score (nSPS) is 15.7. The summed E-state index contributed by atoms with van der Waals surface area (Å²) < 4.78 is 5.18. The van der Waals surface area contributed by atoms with E-state index in [4.69, 9.17) is 10.6 Å². The Morgan fingerprint density at radius 1 is 1.60 bits per heavy atom. The summed E-state index contributed by atoms with van der Waals surface area (Å²) in [7, 11) is 2.77. The van der Waals surface area contributed by atoms with Crippen molar-refractivity contribution in [2.45, 2.75) is 32.4 Å². The van der Waals surface area contributed by atoms with Gasteiger partial charge in [0.15, 0.2) is 0 Å². The van der Waals surface area contributed by atoms with E-state index in [9.17, 15) is 10.0 Å². The Morgan fingerprint density at radius 2 is 2.07 bits per heavy atom. The van der Waals surface area contributed by atoms with Crippen LogP contribution in [-0.2, 0) is 9.57 Å². The fourth-order valence-electron chi connectivity index (χ4n) is 1.10. The van der Waals surface area contributed by atoms with E-state index in [0.29, 0.717) is 0 Å². The molecule has 15 heavy (non-hydrogen) atoms. The summed E-state index contributed by atoms with van der Waals surface area (Å²) in [5.74, 6) is 4.75.